The molecule has 0 bridgehead atoms. The summed E-state index contributed by atoms with van der Waals surface area (Å²) in [4.78, 5) is 4.38. The lowest BCUT2D eigenvalue weighted by molar-refractivity contribution is 0.600. The summed E-state index contributed by atoms with van der Waals surface area (Å²) in [5.41, 5.74) is 1.23. The SMILES string of the molecule is Cc1n[nH]c(C)c1S(=O)(=O)Nc1ccc(NC(C)(C)C)nc1. The molecule has 120 valence electrons. The number of hydrogen-bond acceptors (Lipinski definition) is 5. The Bertz CT molecular complexity index is 738. The van der Waals surface area contributed by atoms with Gasteiger partial charge in [-0.15, -0.1) is 0 Å². The summed E-state index contributed by atoms with van der Waals surface area (Å²) in [5.74, 6) is 0.686. The molecule has 0 fully saturated rings. The third-order valence-corrected chi connectivity index (χ3v) is 4.49. The number of rotatable bonds is 4. The lowest BCUT2D eigenvalue weighted by atomic mass is 10.1. The van der Waals surface area contributed by atoms with E-state index >= 15 is 0 Å². The first-order valence-electron chi connectivity index (χ1n) is 6.87. The van der Waals surface area contributed by atoms with Crippen molar-refractivity contribution in [2.24, 2.45) is 0 Å². The van der Waals surface area contributed by atoms with Gasteiger partial charge < -0.3 is 5.32 Å². The van der Waals surface area contributed by atoms with E-state index in [4.69, 9.17) is 0 Å². The van der Waals surface area contributed by atoms with Crippen LogP contribution in [0.4, 0.5) is 11.5 Å². The maximum Gasteiger partial charge on any atom is 0.265 e. The van der Waals surface area contributed by atoms with Crippen LogP contribution < -0.4 is 10.0 Å². The van der Waals surface area contributed by atoms with Crippen molar-refractivity contribution in [1.29, 1.82) is 0 Å². The van der Waals surface area contributed by atoms with E-state index in [0.717, 1.165) is 0 Å². The topological polar surface area (TPSA) is 99.8 Å². The van der Waals surface area contributed by atoms with Crippen LogP contribution in [0.5, 0.6) is 0 Å². The number of aromatic nitrogens is 3. The summed E-state index contributed by atoms with van der Waals surface area (Å²) in [6, 6.07) is 3.40. The Morgan fingerprint density at radius 3 is 2.32 bits per heavy atom. The molecule has 0 amide bonds. The summed E-state index contributed by atoms with van der Waals surface area (Å²) in [6.45, 7) is 9.39. The van der Waals surface area contributed by atoms with Gasteiger partial charge in [0.05, 0.1) is 23.3 Å². The average Bonchev–Trinajstić information content (AvgIpc) is 2.70. The first-order chi connectivity index (χ1) is 10.1. The molecule has 2 heterocycles. The second-order valence-electron chi connectivity index (χ2n) is 6.18. The zero-order valence-corrected chi connectivity index (χ0v) is 14.2. The number of aryl methyl sites for hydroxylation is 2. The van der Waals surface area contributed by atoms with E-state index in [1.54, 1.807) is 26.0 Å². The van der Waals surface area contributed by atoms with E-state index in [-0.39, 0.29) is 10.4 Å². The predicted octanol–water partition coefficient (Wildman–Crippen LogP) is 2.43. The molecular weight excluding hydrogens is 302 g/mol. The molecule has 0 saturated carbocycles. The van der Waals surface area contributed by atoms with Gasteiger partial charge in [-0.25, -0.2) is 13.4 Å². The number of hydrogen-bond donors (Lipinski definition) is 3. The molecule has 2 aromatic rings. The van der Waals surface area contributed by atoms with Crippen LogP contribution in [0.25, 0.3) is 0 Å². The van der Waals surface area contributed by atoms with Crippen molar-refractivity contribution in [2.75, 3.05) is 10.0 Å². The molecule has 0 radical (unpaired) electrons. The molecule has 0 unspecified atom stereocenters. The highest BCUT2D eigenvalue weighted by Crippen LogP contribution is 2.21. The average molecular weight is 323 g/mol. The smallest absolute Gasteiger partial charge is 0.265 e. The van der Waals surface area contributed by atoms with Crippen molar-refractivity contribution < 1.29 is 8.42 Å². The fourth-order valence-electron chi connectivity index (χ4n) is 2.06. The van der Waals surface area contributed by atoms with Crippen molar-refractivity contribution in [2.45, 2.75) is 45.1 Å². The van der Waals surface area contributed by atoms with Crippen molar-refractivity contribution in [3.63, 3.8) is 0 Å². The van der Waals surface area contributed by atoms with Crippen LogP contribution in [-0.4, -0.2) is 29.1 Å². The minimum Gasteiger partial charge on any atom is -0.365 e. The Morgan fingerprint density at radius 1 is 1.18 bits per heavy atom. The summed E-state index contributed by atoms with van der Waals surface area (Å²) in [5, 5.41) is 9.79. The molecule has 0 aliphatic rings. The highest BCUT2D eigenvalue weighted by Gasteiger charge is 2.22. The Labute approximate surface area is 130 Å². The minimum absolute atomic E-state index is 0.112. The molecule has 0 spiro atoms. The van der Waals surface area contributed by atoms with E-state index in [0.29, 0.717) is 22.9 Å². The van der Waals surface area contributed by atoms with E-state index in [1.807, 2.05) is 20.8 Å². The van der Waals surface area contributed by atoms with Gasteiger partial charge in [-0.2, -0.15) is 5.10 Å². The molecule has 22 heavy (non-hydrogen) atoms. The second-order valence-corrected chi connectivity index (χ2v) is 7.80. The van der Waals surface area contributed by atoms with Gasteiger partial charge in [0, 0.05) is 5.54 Å². The Balaban J connectivity index is 2.21. The fourth-order valence-corrected chi connectivity index (χ4v) is 3.47. The molecule has 8 heteroatoms. The van der Waals surface area contributed by atoms with Gasteiger partial charge in [0.25, 0.3) is 10.0 Å². The highest BCUT2D eigenvalue weighted by atomic mass is 32.2. The molecular formula is C14H21N5O2S. The van der Waals surface area contributed by atoms with E-state index in [9.17, 15) is 8.42 Å². The van der Waals surface area contributed by atoms with Gasteiger partial charge in [-0.05, 0) is 46.8 Å². The Morgan fingerprint density at radius 2 is 1.86 bits per heavy atom. The highest BCUT2D eigenvalue weighted by molar-refractivity contribution is 7.92. The Kier molecular flexibility index (Phi) is 4.15. The molecule has 0 saturated heterocycles. The lowest BCUT2D eigenvalue weighted by Gasteiger charge is -2.21. The molecule has 3 N–H and O–H groups in total. The first-order valence-corrected chi connectivity index (χ1v) is 8.35. The molecule has 2 rings (SSSR count). The molecule has 2 aromatic heterocycles. The second kappa shape index (κ2) is 5.60. The zero-order chi connectivity index (χ0) is 16.5. The van der Waals surface area contributed by atoms with Crippen LogP contribution in [0.1, 0.15) is 32.2 Å². The number of aromatic amines is 1. The van der Waals surface area contributed by atoms with Gasteiger partial charge in [-0.3, -0.25) is 9.82 Å². The van der Waals surface area contributed by atoms with Gasteiger partial charge in [0.2, 0.25) is 0 Å². The lowest BCUT2D eigenvalue weighted by Crippen LogP contribution is -2.26. The Hall–Kier alpha value is -2.09. The van der Waals surface area contributed by atoms with E-state index < -0.39 is 10.0 Å². The number of pyridine rings is 1. The standard InChI is InChI=1S/C14H21N5O2S/c1-9-13(10(2)18-17-9)22(20,21)19-11-6-7-12(15-8-11)16-14(3,4)5/h6-8,19H,1-5H3,(H,15,16)(H,17,18). The maximum atomic E-state index is 12.4. The number of sulfonamides is 1. The molecule has 0 aliphatic carbocycles. The number of H-pyrrole nitrogens is 1. The predicted molar refractivity (Wildman–Crippen MR) is 86.5 cm³/mol. The van der Waals surface area contributed by atoms with Crippen molar-refractivity contribution in [1.82, 2.24) is 15.2 Å². The number of nitrogens with zero attached hydrogens (tertiary/aromatic N) is 2. The van der Waals surface area contributed by atoms with Crippen LogP contribution in [0.3, 0.4) is 0 Å². The molecule has 0 aliphatic heterocycles. The third kappa shape index (κ3) is 3.76. The van der Waals surface area contributed by atoms with Gasteiger partial charge in [-0.1, -0.05) is 0 Å². The summed E-state index contributed by atoms with van der Waals surface area (Å²) in [6.07, 6.45) is 1.48. The summed E-state index contributed by atoms with van der Waals surface area (Å²) in [7, 11) is -3.68. The summed E-state index contributed by atoms with van der Waals surface area (Å²) >= 11 is 0. The number of nitrogens with one attached hydrogen (secondary N) is 3. The monoisotopic (exact) mass is 323 g/mol. The summed E-state index contributed by atoms with van der Waals surface area (Å²) < 4.78 is 27.3. The molecule has 7 nitrogen and oxygen atoms in total. The van der Waals surface area contributed by atoms with Crippen molar-refractivity contribution >= 4 is 21.5 Å². The van der Waals surface area contributed by atoms with Crippen LogP contribution >= 0.6 is 0 Å². The van der Waals surface area contributed by atoms with Crippen LogP contribution in [-0.2, 0) is 10.0 Å². The van der Waals surface area contributed by atoms with Gasteiger partial charge >= 0.3 is 0 Å². The minimum atomic E-state index is -3.68. The quantitative estimate of drug-likeness (QED) is 0.802. The van der Waals surface area contributed by atoms with E-state index in [1.165, 1.54) is 6.20 Å². The van der Waals surface area contributed by atoms with Gasteiger partial charge in [0.15, 0.2) is 0 Å². The van der Waals surface area contributed by atoms with Crippen LogP contribution in [0.15, 0.2) is 23.2 Å². The number of anilines is 2. The normalized spacial score (nSPS) is 12.2. The third-order valence-electron chi connectivity index (χ3n) is 2.85. The van der Waals surface area contributed by atoms with Crippen molar-refractivity contribution in [3.8, 4) is 0 Å². The molecule has 0 aromatic carbocycles. The fraction of sp³-hybridized carbons (Fsp3) is 0.429. The van der Waals surface area contributed by atoms with Crippen LogP contribution in [0.2, 0.25) is 0 Å². The van der Waals surface area contributed by atoms with Crippen LogP contribution in [0, 0.1) is 13.8 Å². The molecule has 0 atom stereocenters. The van der Waals surface area contributed by atoms with Gasteiger partial charge in [0.1, 0.15) is 10.7 Å². The maximum absolute atomic E-state index is 12.4. The first kappa shape index (κ1) is 16.3. The van der Waals surface area contributed by atoms with Crippen molar-refractivity contribution in [3.05, 3.63) is 29.7 Å². The zero-order valence-electron chi connectivity index (χ0n) is 13.4. The largest absolute Gasteiger partial charge is 0.365 e. The van der Waals surface area contributed by atoms with E-state index in [2.05, 4.69) is 25.2 Å².